The van der Waals surface area contributed by atoms with Crippen LogP contribution in [0.1, 0.15) is 53.4 Å². The number of hydrogen-bond acceptors (Lipinski definition) is 2. The molecule has 2 fully saturated rings. The van der Waals surface area contributed by atoms with Gasteiger partial charge in [-0.25, -0.2) is 0 Å². The third-order valence-corrected chi connectivity index (χ3v) is 4.31. The molecule has 1 heterocycles. The van der Waals surface area contributed by atoms with Gasteiger partial charge in [0.25, 0.3) is 0 Å². The highest BCUT2D eigenvalue weighted by Gasteiger charge is 2.41. The summed E-state index contributed by atoms with van der Waals surface area (Å²) < 4.78 is 0. The van der Waals surface area contributed by atoms with Crippen molar-refractivity contribution in [2.24, 2.45) is 17.8 Å². The average Bonchev–Trinajstić information content (AvgIpc) is 2.50. The van der Waals surface area contributed by atoms with E-state index in [0.717, 1.165) is 18.9 Å². The standard InChI is InChI=1S/C15H28N2O/c1-10(2)8-13-15(18)17(9-12-6-5-7-12)14(16-13)11(3)4/h10-14,16H,5-9H2,1-4H3. The largest absolute Gasteiger partial charge is 0.325 e. The number of carbonyl (C=O) groups excluding carboxylic acids is 1. The van der Waals surface area contributed by atoms with Crippen LogP contribution in [0.25, 0.3) is 0 Å². The van der Waals surface area contributed by atoms with Crippen molar-refractivity contribution in [2.75, 3.05) is 6.54 Å². The zero-order valence-electron chi connectivity index (χ0n) is 12.3. The SMILES string of the molecule is CC(C)CC1NC(C(C)C)N(CC2CCC2)C1=O. The summed E-state index contributed by atoms with van der Waals surface area (Å²) in [5, 5.41) is 3.55. The van der Waals surface area contributed by atoms with Gasteiger partial charge in [-0.15, -0.1) is 0 Å². The average molecular weight is 252 g/mol. The van der Waals surface area contributed by atoms with Crippen molar-refractivity contribution < 1.29 is 4.79 Å². The molecule has 104 valence electrons. The van der Waals surface area contributed by atoms with Gasteiger partial charge in [0.15, 0.2) is 0 Å². The minimum absolute atomic E-state index is 0.0532. The van der Waals surface area contributed by atoms with E-state index in [0.29, 0.717) is 17.7 Å². The van der Waals surface area contributed by atoms with Crippen molar-refractivity contribution in [3.05, 3.63) is 0 Å². The molecule has 1 N–H and O–H groups in total. The maximum atomic E-state index is 12.5. The van der Waals surface area contributed by atoms with Crippen molar-refractivity contribution in [3.63, 3.8) is 0 Å². The van der Waals surface area contributed by atoms with E-state index >= 15 is 0 Å². The van der Waals surface area contributed by atoms with Crippen LogP contribution in [-0.2, 0) is 4.79 Å². The van der Waals surface area contributed by atoms with Gasteiger partial charge in [-0.05, 0) is 37.0 Å². The Morgan fingerprint density at radius 3 is 2.39 bits per heavy atom. The van der Waals surface area contributed by atoms with E-state index in [-0.39, 0.29) is 12.2 Å². The minimum atomic E-state index is 0.0532. The molecule has 0 radical (unpaired) electrons. The van der Waals surface area contributed by atoms with E-state index < -0.39 is 0 Å². The molecule has 0 bridgehead atoms. The van der Waals surface area contributed by atoms with Crippen molar-refractivity contribution in [3.8, 4) is 0 Å². The molecule has 1 saturated carbocycles. The van der Waals surface area contributed by atoms with Crippen LogP contribution in [0.2, 0.25) is 0 Å². The Bertz CT molecular complexity index is 297. The first-order chi connectivity index (χ1) is 8.49. The molecule has 0 aromatic carbocycles. The molecule has 2 atom stereocenters. The number of nitrogens with zero attached hydrogens (tertiary/aromatic N) is 1. The number of hydrogen-bond donors (Lipinski definition) is 1. The topological polar surface area (TPSA) is 32.3 Å². The summed E-state index contributed by atoms with van der Waals surface area (Å²) in [6.45, 7) is 9.76. The van der Waals surface area contributed by atoms with Crippen LogP contribution < -0.4 is 5.32 Å². The van der Waals surface area contributed by atoms with Crippen LogP contribution in [0, 0.1) is 17.8 Å². The van der Waals surface area contributed by atoms with Crippen LogP contribution in [0.5, 0.6) is 0 Å². The van der Waals surface area contributed by atoms with E-state index in [9.17, 15) is 4.79 Å². The summed E-state index contributed by atoms with van der Waals surface area (Å²) in [7, 11) is 0. The fourth-order valence-electron chi connectivity index (χ4n) is 3.05. The maximum absolute atomic E-state index is 12.5. The lowest BCUT2D eigenvalue weighted by Gasteiger charge is -2.34. The highest BCUT2D eigenvalue weighted by atomic mass is 16.2. The zero-order valence-corrected chi connectivity index (χ0v) is 12.3. The van der Waals surface area contributed by atoms with E-state index in [1.807, 2.05) is 0 Å². The summed E-state index contributed by atoms with van der Waals surface area (Å²) in [6, 6.07) is 0.0532. The van der Waals surface area contributed by atoms with E-state index in [1.165, 1.54) is 19.3 Å². The summed E-state index contributed by atoms with van der Waals surface area (Å²) >= 11 is 0. The van der Waals surface area contributed by atoms with Gasteiger partial charge in [0.1, 0.15) is 0 Å². The molecule has 2 aliphatic rings. The molecule has 1 saturated heterocycles. The van der Waals surface area contributed by atoms with E-state index in [1.54, 1.807) is 0 Å². The van der Waals surface area contributed by atoms with Crippen LogP contribution in [0.3, 0.4) is 0 Å². The number of nitrogens with one attached hydrogen (secondary N) is 1. The Balaban J connectivity index is 2.01. The third kappa shape index (κ3) is 2.87. The molecule has 3 nitrogen and oxygen atoms in total. The van der Waals surface area contributed by atoms with Crippen molar-refractivity contribution in [1.82, 2.24) is 10.2 Å². The first kappa shape index (κ1) is 13.9. The third-order valence-electron chi connectivity index (χ3n) is 4.31. The quantitative estimate of drug-likeness (QED) is 0.816. The van der Waals surface area contributed by atoms with Gasteiger partial charge in [-0.1, -0.05) is 34.1 Å². The summed E-state index contributed by atoms with van der Waals surface area (Å²) in [5.41, 5.74) is 0. The molecular formula is C15H28N2O. The lowest BCUT2D eigenvalue weighted by atomic mass is 9.85. The molecule has 1 amide bonds. The second-order valence-corrected chi connectivity index (χ2v) is 6.83. The Kier molecular flexibility index (Phi) is 4.31. The van der Waals surface area contributed by atoms with Gasteiger partial charge >= 0.3 is 0 Å². The normalized spacial score (nSPS) is 29.4. The van der Waals surface area contributed by atoms with Gasteiger partial charge in [-0.2, -0.15) is 0 Å². The molecule has 0 aromatic heterocycles. The first-order valence-electron chi connectivity index (χ1n) is 7.55. The molecule has 2 unspecified atom stereocenters. The summed E-state index contributed by atoms with van der Waals surface area (Å²) in [6.07, 6.45) is 5.18. The van der Waals surface area contributed by atoms with Crippen LogP contribution in [0.15, 0.2) is 0 Å². The van der Waals surface area contributed by atoms with Crippen molar-refractivity contribution in [2.45, 2.75) is 65.6 Å². The van der Waals surface area contributed by atoms with Gasteiger partial charge < -0.3 is 4.90 Å². The minimum Gasteiger partial charge on any atom is -0.325 e. The van der Waals surface area contributed by atoms with Crippen molar-refractivity contribution >= 4 is 5.91 Å². The highest BCUT2D eigenvalue weighted by Crippen LogP contribution is 2.30. The lowest BCUT2D eigenvalue weighted by Crippen LogP contribution is -2.44. The second kappa shape index (κ2) is 5.60. The van der Waals surface area contributed by atoms with E-state index in [4.69, 9.17) is 0 Å². The molecular weight excluding hydrogens is 224 g/mol. The monoisotopic (exact) mass is 252 g/mol. The number of amides is 1. The Hall–Kier alpha value is -0.570. The Morgan fingerprint density at radius 1 is 1.28 bits per heavy atom. The predicted octanol–water partition coefficient (Wildman–Crippen LogP) is 2.62. The smallest absolute Gasteiger partial charge is 0.241 e. The lowest BCUT2D eigenvalue weighted by molar-refractivity contribution is -0.131. The molecule has 0 spiro atoms. The second-order valence-electron chi connectivity index (χ2n) is 6.83. The fourth-order valence-corrected chi connectivity index (χ4v) is 3.05. The van der Waals surface area contributed by atoms with Crippen LogP contribution in [-0.4, -0.2) is 29.6 Å². The molecule has 2 rings (SSSR count). The summed E-state index contributed by atoms with van der Waals surface area (Å²) in [4.78, 5) is 14.6. The number of rotatable bonds is 5. The van der Waals surface area contributed by atoms with Gasteiger partial charge in [0.05, 0.1) is 12.2 Å². The molecule has 0 aromatic rings. The first-order valence-corrected chi connectivity index (χ1v) is 7.55. The fraction of sp³-hybridized carbons (Fsp3) is 0.933. The number of carbonyl (C=O) groups is 1. The van der Waals surface area contributed by atoms with Crippen LogP contribution in [0.4, 0.5) is 0 Å². The molecule has 1 aliphatic carbocycles. The summed E-state index contributed by atoms with van der Waals surface area (Å²) in [5.74, 6) is 2.17. The Morgan fingerprint density at radius 2 is 1.94 bits per heavy atom. The molecule has 1 aliphatic heterocycles. The zero-order chi connectivity index (χ0) is 13.3. The molecule has 3 heteroatoms. The van der Waals surface area contributed by atoms with Crippen LogP contribution >= 0.6 is 0 Å². The predicted molar refractivity (Wildman–Crippen MR) is 74.1 cm³/mol. The molecule has 18 heavy (non-hydrogen) atoms. The van der Waals surface area contributed by atoms with E-state index in [2.05, 4.69) is 37.9 Å². The maximum Gasteiger partial charge on any atom is 0.241 e. The van der Waals surface area contributed by atoms with Crippen molar-refractivity contribution in [1.29, 1.82) is 0 Å². The Labute approximate surface area is 111 Å². The van der Waals surface area contributed by atoms with Gasteiger partial charge in [0, 0.05) is 6.54 Å². The highest BCUT2D eigenvalue weighted by molar-refractivity contribution is 5.84. The van der Waals surface area contributed by atoms with Gasteiger partial charge in [-0.3, -0.25) is 10.1 Å². The van der Waals surface area contributed by atoms with Gasteiger partial charge in [0.2, 0.25) is 5.91 Å².